The molecule has 4 aliphatic rings. The Hall–Kier alpha value is -15.1. The second-order valence-electron chi connectivity index (χ2n) is 34.5. The van der Waals surface area contributed by atoms with Crippen LogP contribution >= 0.6 is 0 Å². The predicted molar refractivity (Wildman–Crippen MR) is 523 cm³/mol. The maximum absolute atomic E-state index is 12.3. The number of ether oxygens (including phenoxy) is 1. The summed E-state index contributed by atoms with van der Waals surface area (Å²) in [6, 6.07) is 68.6. The lowest BCUT2D eigenvalue weighted by Gasteiger charge is -2.47. The fraction of sp³-hybridized carbons (Fsp3) is 0.0690. The molecule has 0 unspecified atom stereocenters. The molecule has 0 radical (unpaired) electrons. The van der Waals surface area contributed by atoms with Gasteiger partial charge >= 0.3 is 0 Å². The maximum atomic E-state index is 12.3. The molecule has 0 saturated heterocycles. The summed E-state index contributed by atoms with van der Waals surface area (Å²) in [5.74, 6) is 0.346. The first kappa shape index (κ1) is 52.8. The molecule has 0 bridgehead atoms. The molecule has 0 atom stereocenters. The standard InChI is InChI=1S/C116H82B2N4O2/c1-115(2,3)81-65-88(73-36-17-9-18-37-73)110(89(66-81)74-38-19-10-20-39-74)121-101-69-83(119-98-49-28-25-44-84(98)85-45-26-29-50-99(85)119)55-57-94(101)117-97-70-104-109-114(124-107-64-79(72-34-15-8-16-35-72)52-56-95(107)118(109)96-48-31-47-87-92-60-77(71-32-13-7-14-33-71)53-58-100(92)120(104)112(87)96)113(97)122(103-63-80(62-102(121)108(103)117)78-54-59-106-93(61-78)86-46-27-30-51-105(86)123-106)111-90(75-40-21-11-22-41-75)67-82(116(4,5)6)68-91(111)76-42-23-12-24-43-76/h7-70H,1-6H3/i7D,13D,14D,25D,26D,28D,29D,31D,32D,33D,44D,45D,47D,48D,49D,50D,53D,55D,57D,58D,60D,69D. The average Bonchev–Trinajstić information content (AvgIpc) is 0.945. The molecule has 18 aromatic carbocycles. The second-order valence-corrected chi connectivity index (χ2v) is 34.5. The zero-order valence-electron chi connectivity index (χ0n) is 90.0. The Morgan fingerprint density at radius 3 is 1.42 bits per heavy atom. The molecule has 7 heterocycles. The summed E-state index contributed by atoms with van der Waals surface area (Å²) in [6.45, 7) is 10.1. The highest BCUT2D eigenvalue weighted by Gasteiger charge is 2.51. The highest BCUT2D eigenvalue weighted by Crippen LogP contribution is 2.58. The van der Waals surface area contributed by atoms with Crippen LogP contribution < -0.4 is 47.3 Å². The number of nitrogens with zero attached hydrogens (tertiary/aromatic N) is 4. The van der Waals surface area contributed by atoms with Crippen molar-refractivity contribution >= 4 is 146 Å². The molecule has 0 amide bonds. The second kappa shape index (κ2) is 27.2. The number of fused-ring (bicyclic) bond motifs is 18. The molecular weight excluding hydrogens is 1500 g/mol. The normalized spacial score (nSPS) is 15.6. The first-order valence-corrected chi connectivity index (χ1v) is 41.6. The van der Waals surface area contributed by atoms with Gasteiger partial charge in [0.15, 0.2) is 0 Å². The van der Waals surface area contributed by atoms with Gasteiger partial charge in [0.2, 0.25) is 0 Å². The van der Waals surface area contributed by atoms with Crippen molar-refractivity contribution < 1.29 is 39.3 Å². The summed E-state index contributed by atoms with van der Waals surface area (Å²) in [5, 5.41) is 0.519. The Morgan fingerprint density at radius 1 is 0.290 bits per heavy atom. The lowest BCUT2D eigenvalue weighted by atomic mass is 9.31. The summed E-state index contributed by atoms with van der Waals surface area (Å²) in [7, 11) is 0. The van der Waals surface area contributed by atoms with E-state index in [9.17, 15) is 26.0 Å². The summed E-state index contributed by atoms with van der Waals surface area (Å²) in [4.78, 5) is 4.22. The topological polar surface area (TPSA) is 38.7 Å². The Labute approximate surface area is 752 Å². The molecule has 584 valence electrons. The Kier molecular flexibility index (Phi) is 11.6. The lowest BCUT2D eigenvalue weighted by Crippen LogP contribution is -2.64. The highest BCUT2D eigenvalue weighted by molar-refractivity contribution is 7.02. The lowest BCUT2D eigenvalue weighted by molar-refractivity contribution is 0.489. The smallest absolute Gasteiger partial charge is 0.256 e. The number of furan rings is 1. The van der Waals surface area contributed by atoms with Crippen LogP contribution in [0.25, 0.3) is 155 Å². The van der Waals surface area contributed by atoms with Gasteiger partial charge in [0.05, 0.1) is 63.8 Å². The van der Waals surface area contributed by atoms with Crippen molar-refractivity contribution in [3.8, 4) is 101 Å². The van der Waals surface area contributed by atoms with Crippen LogP contribution in [-0.4, -0.2) is 22.6 Å². The van der Waals surface area contributed by atoms with Crippen molar-refractivity contribution in [2.24, 2.45) is 0 Å². The minimum Gasteiger partial charge on any atom is -0.456 e. The largest absolute Gasteiger partial charge is 0.456 e. The first-order chi connectivity index (χ1) is 70.0. The SMILES string of the molecule is [2H]c1c([2H])c([2H])c(-c2c([2H])c([2H])c3c(c2[2H])c2c([2H])c([2H])c([2H])c4c2n3-c2cc3c(c5c2B4c2ccc(-c4ccccc4)cc2O5)N(c2c(-c4ccccc4)cc(C(C)(C)C)cc2-c2ccccc2)c2cc(-c4ccc5oc6ccccc6c5c4)cc4c2B3c2c([2H])c([2H])c(-n3c5c([2H])c([2H])c([2H])c([2H])c5c5c([2H])c([2H])c([2H])c([2H])c53)c([2H])c2N4c2c(-c3ccccc3)cc(C(C)(C)C)cc2-c2ccccc2)c([2H])c1[2H]. The summed E-state index contributed by atoms with van der Waals surface area (Å²) in [6.07, 6.45) is 0. The van der Waals surface area contributed by atoms with Crippen LogP contribution in [0, 0.1) is 0 Å². The predicted octanol–water partition coefficient (Wildman–Crippen LogP) is 27.1. The fourth-order valence-electron chi connectivity index (χ4n) is 19.6. The molecule has 0 saturated carbocycles. The Bertz CT molecular complexity index is 9250. The molecular formula is C116H82B2N4O2. The maximum Gasteiger partial charge on any atom is 0.256 e. The van der Waals surface area contributed by atoms with Crippen molar-refractivity contribution in [2.75, 3.05) is 9.80 Å². The van der Waals surface area contributed by atoms with Gasteiger partial charge in [-0.3, -0.25) is 0 Å². The third-order valence-electron chi connectivity index (χ3n) is 25.3. The molecule has 6 nitrogen and oxygen atoms in total. The molecule has 0 spiro atoms. The highest BCUT2D eigenvalue weighted by atomic mass is 16.5. The van der Waals surface area contributed by atoms with Crippen LogP contribution in [0.1, 0.15) is 82.8 Å². The summed E-state index contributed by atoms with van der Waals surface area (Å²) >= 11 is 0. The zero-order chi connectivity index (χ0) is 102. The third kappa shape index (κ3) is 10.9. The van der Waals surface area contributed by atoms with Crippen molar-refractivity contribution in [1.82, 2.24) is 9.13 Å². The van der Waals surface area contributed by atoms with Gasteiger partial charge in [-0.1, -0.05) is 326 Å². The fourth-order valence-corrected chi connectivity index (χ4v) is 19.6. The van der Waals surface area contributed by atoms with Gasteiger partial charge in [0, 0.05) is 88.5 Å². The number of hydrogen-bond acceptors (Lipinski definition) is 4. The first-order valence-electron chi connectivity index (χ1n) is 52.6. The van der Waals surface area contributed by atoms with Crippen LogP contribution in [0.2, 0.25) is 0 Å². The number of benzene rings is 18. The number of aromatic nitrogens is 2. The van der Waals surface area contributed by atoms with Crippen LogP contribution in [0.15, 0.2) is 392 Å². The minimum absolute atomic E-state index is 0.0216. The van der Waals surface area contributed by atoms with E-state index in [1.807, 2.05) is 193 Å². The molecule has 3 aromatic heterocycles. The van der Waals surface area contributed by atoms with Gasteiger partial charge in [-0.2, -0.15) is 0 Å². The van der Waals surface area contributed by atoms with Gasteiger partial charge < -0.3 is 28.1 Å². The molecule has 124 heavy (non-hydrogen) atoms. The molecule has 25 rings (SSSR count). The van der Waals surface area contributed by atoms with E-state index in [0.29, 0.717) is 100 Å². The number of para-hydroxylation sites is 4. The van der Waals surface area contributed by atoms with E-state index in [-0.39, 0.29) is 77.5 Å². The van der Waals surface area contributed by atoms with Gasteiger partial charge in [0.25, 0.3) is 13.4 Å². The van der Waals surface area contributed by atoms with Gasteiger partial charge in [-0.25, -0.2) is 0 Å². The Morgan fingerprint density at radius 2 is 0.806 bits per heavy atom. The number of hydrogen-bond donors (Lipinski definition) is 0. The van der Waals surface area contributed by atoms with E-state index in [1.54, 1.807) is 4.57 Å². The van der Waals surface area contributed by atoms with Crippen LogP contribution in [0.5, 0.6) is 11.5 Å². The van der Waals surface area contributed by atoms with E-state index < -0.39 is 185 Å². The van der Waals surface area contributed by atoms with E-state index in [2.05, 4.69) is 113 Å². The molecule has 0 aliphatic carbocycles. The monoisotopic (exact) mass is 1610 g/mol. The molecule has 8 heteroatoms. The van der Waals surface area contributed by atoms with Crippen LogP contribution in [0.4, 0.5) is 34.1 Å². The minimum atomic E-state index is -1.52. The van der Waals surface area contributed by atoms with Crippen LogP contribution in [0.3, 0.4) is 0 Å². The van der Waals surface area contributed by atoms with Crippen molar-refractivity contribution in [2.45, 2.75) is 52.4 Å². The van der Waals surface area contributed by atoms with E-state index >= 15 is 0 Å². The summed E-state index contributed by atoms with van der Waals surface area (Å²) in [5.41, 5.74) is 11.2. The Balaban J connectivity index is 0.957. The third-order valence-corrected chi connectivity index (χ3v) is 25.3. The molecule has 4 aliphatic heterocycles. The average molecular weight is 1610 g/mol. The van der Waals surface area contributed by atoms with Crippen LogP contribution in [-0.2, 0) is 10.8 Å². The van der Waals surface area contributed by atoms with Gasteiger partial charge in [-0.05, 0) is 213 Å². The van der Waals surface area contributed by atoms with E-state index in [0.717, 1.165) is 43.2 Å². The summed E-state index contributed by atoms with van der Waals surface area (Å²) < 4.78 is 241. The van der Waals surface area contributed by atoms with Crippen molar-refractivity contribution in [1.29, 1.82) is 0 Å². The van der Waals surface area contributed by atoms with E-state index in [1.165, 1.54) is 0 Å². The van der Waals surface area contributed by atoms with Crippen molar-refractivity contribution in [3.05, 3.63) is 399 Å². The molecule has 0 fully saturated rings. The van der Waals surface area contributed by atoms with Gasteiger partial charge in [0.1, 0.15) is 22.7 Å². The number of rotatable bonds is 10. The molecule has 21 aromatic rings. The van der Waals surface area contributed by atoms with E-state index in [4.69, 9.17) is 13.3 Å². The van der Waals surface area contributed by atoms with Crippen molar-refractivity contribution in [3.63, 3.8) is 0 Å². The molecule has 0 N–H and O–H groups in total. The number of anilines is 6. The zero-order valence-corrected chi connectivity index (χ0v) is 68.0. The quantitative estimate of drug-likeness (QED) is 0.128. The van der Waals surface area contributed by atoms with Gasteiger partial charge in [-0.15, -0.1) is 0 Å².